The summed E-state index contributed by atoms with van der Waals surface area (Å²) in [7, 11) is -1.81. The van der Waals surface area contributed by atoms with Gasteiger partial charge in [0.15, 0.2) is 0 Å². The SMILES string of the molecule is CC(=O)OCc1ccccc1S(=O)C(OOC(=O)c1cc2ccccc2s1)c1cccnc1. The van der Waals surface area contributed by atoms with Crippen molar-refractivity contribution in [2.45, 2.75) is 23.9 Å². The number of hydrogen-bond acceptors (Lipinski definition) is 8. The highest BCUT2D eigenvalue weighted by Crippen LogP contribution is 2.30. The Morgan fingerprint density at radius 2 is 1.85 bits per heavy atom. The molecule has 33 heavy (non-hydrogen) atoms. The molecule has 7 nitrogen and oxygen atoms in total. The lowest BCUT2D eigenvalue weighted by molar-refractivity contribution is -0.254. The minimum absolute atomic E-state index is 0.0431. The van der Waals surface area contributed by atoms with Crippen molar-refractivity contribution >= 4 is 44.2 Å². The Morgan fingerprint density at radius 1 is 1.06 bits per heavy atom. The van der Waals surface area contributed by atoms with Gasteiger partial charge in [0.1, 0.15) is 11.5 Å². The fraction of sp³-hybridized carbons (Fsp3) is 0.125. The summed E-state index contributed by atoms with van der Waals surface area (Å²) in [5.74, 6) is -1.14. The van der Waals surface area contributed by atoms with Crippen molar-refractivity contribution < 1.29 is 28.3 Å². The molecule has 0 aliphatic heterocycles. The lowest BCUT2D eigenvalue weighted by Crippen LogP contribution is -2.16. The number of esters is 1. The molecule has 0 saturated carbocycles. The number of rotatable bonds is 8. The van der Waals surface area contributed by atoms with Crippen molar-refractivity contribution in [1.82, 2.24) is 4.98 Å². The summed E-state index contributed by atoms with van der Waals surface area (Å²) >= 11 is 1.28. The Balaban J connectivity index is 1.58. The number of benzene rings is 2. The summed E-state index contributed by atoms with van der Waals surface area (Å²) < 4.78 is 19.5. The molecule has 2 aromatic heterocycles. The van der Waals surface area contributed by atoms with Crippen LogP contribution in [0.15, 0.2) is 84.0 Å². The van der Waals surface area contributed by atoms with Gasteiger partial charge in [0, 0.05) is 40.0 Å². The predicted molar refractivity (Wildman–Crippen MR) is 124 cm³/mol. The number of nitrogens with zero attached hydrogens (tertiary/aromatic N) is 1. The van der Waals surface area contributed by atoms with Gasteiger partial charge in [-0.05, 0) is 29.7 Å². The van der Waals surface area contributed by atoms with E-state index in [-0.39, 0.29) is 6.61 Å². The van der Waals surface area contributed by atoms with Gasteiger partial charge in [-0.15, -0.1) is 11.3 Å². The zero-order valence-corrected chi connectivity index (χ0v) is 19.1. The van der Waals surface area contributed by atoms with Crippen LogP contribution in [0.2, 0.25) is 0 Å². The maximum Gasteiger partial charge on any atom is 0.383 e. The van der Waals surface area contributed by atoms with Crippen LogP contribution in [0.4, 0.5) is 0 Å². The molecule has 4 rings (SSSR count). The van der Waals surface area contributed by atoms with Crippen LogP contribution in [0.5, 0.6) is 0 Å². The van der Waals surface area contributed by atoms with E-state index in [1.807, 2.05) is 24.3 Å². The molecule has 168 valence electrons. The summed E-state index contributed by atoms with van der Waals surface area (Å²) in [4.78, 5) is 39.3. The lowest BCUT2D eigenvalue weighted by Gasteiger charge is -2.17. The summed E-state index contributed by atoms with van der Waals surface area (Å²) in [5.41, 5.74) is -0.128. The topological polar surface area (TPSA) is 91.8 Å². The van der Waals surface area contributed by atoms with Crippen LogP contribution < -0.4 is 0 Å². The number of pyridine rings is 1. The zero-order valence-electron chi connectivity index (χ0n) is 17.5. The van der Waals surface area contributed by atoms with E-state index in [1.54, 1.807) is 48.7 Å². The van der Waals surface area contributed by atoms with Gasteiger partial charge in [0.2, 0.25) is 5.44 Å². The average Bonchev–Trinajstić information content (AvgIpc) is 3.28. The first-order valence-corrected chi connectivity index (χ1v) is 11.9. The summed E-state index contributed by atoms with van der Waals surface area (Å²) in [6, 6.07) is 19.5. The van der Waals surface area contributed by atoms with Crippen LogP contribution in [0.1, 0.15) is 33.2 Å². The molecule has 2 aromatic carbocycles. The molecule has 2 atom stereocenters. The standard InChI is InChI=1S/C24H19NO6S2/c1-16(26)29-15-19-8-3-5-11-22(19)33(28)24(18-9-6-12-25-14-18)31-30-23(27)21-13-17-7-2-4-10-20(17)32-21/h2-14,24H,15H2,1H3. The van der Waals surface area contributed by atoms with E-state index in [9.17, 15) is 13.8 Å². The number of ether oxygens (including phenoxy) is 1. The van der Waals surface area contributed by atoms with Gasteiger partial charge in [0.25, 0.3) is 0 Å². The molecule has 2 unspecified atom stereocenters. The lowest BCUT2D eigenvalue weighted by atomic mass is 10.2. The Morgan fingerprint density at radius 3 is 2.61 bits per heavy atom. The Labute approximate surface area is 196 Å². The fourth-order valence-electron chi connectivity index (χ4n) is 3.06. The number of carbonyl (C=O) groups is 2. The second-order valence-electron chi connectivity index (χ2n) is 6.92. The van der Waals surface area contributed by atoms with E-state index in [1.165, 1.54) is 24.5 Å². The Bertz CT molecular complexity index is 1270. The molecule has 0 N–H and O–H groups in total. The van der Waals surface area contributed by atoms with E-state index >= 15 is 0 Å². The molecule has 4 aromatic rings. The monoisotopic (exact) mass is 481 g/mol. The Kier molecular flexibility index (Phi) is 7.23. The van der Waals surface area contributed by atoms with Crippen LogP contribution in [0.3, 0.4) is 0 Å². The smallest absolute Gasteiger partial charge is 0.383 e. The highest BCUT2D eigenvalue weighted by atomic mass is 32.2. The number of carbonyl (C=O) groups excluding carboxylic acids is 2. The van der Waals surface area contributed by atoms with Crippen LogP contribution >= 0.6 is 11.3 Å². The number of fused-ring (bicyclic) bond motifs is 1. The maximum atomic E-state index is 13.5. The molecule has 0 aliphatic carbocycles. The highest BCUT2D eigenvalue weighted by molar-refractivity contribution is 7.85. The summed E-state index contributed by atoms with van der Waals surface area (Å²) in [5, 5.41) is 0.918. The second-order valence-corrected chi connectivity index (χ2v) is 9.47. The first-order chi connectivity index (χ1) is 16.0. The minimum atomic E-state index is -1.81. The third-order valence-electron chi connectivity index (χ3n) is 4.61. The fourth-order valence-corrected chi connectivity index (χ4v) is 5.31. The molecule has 0 bridgehead atoms. The molecule has 0 spiro atoms. The van der Waals surface area contributed by atoms with Gasteiger partial charge in [-0.2, -0.15) is 4.89 Å². The normalized spacial score (nSPS) is 12.8. The number of hydrogen-bond donors (Lipinski definition) is 0. The largest absolute Gasteiger partial charge is 0.461 e. The third-order valence-corrected chi connectivity index (χ3v) is 7.28. The number of aromatic nitrogens is 1. The molecule has 0 aliphatic rings. The summed E-state index contributed by atoms with van der Waals surface area (Å²) in [6.07, 6.45) is 3.06. The molecular formula is C24H19NO6S2. The van der Waals surface area contributed by atoms with Gasteiger partial charge in [-0.3, -0.25) is 18.9 Å². The van der Waals surface area contributed by atoms with Crippen molar-refractivity contribution in [3.8, 4) is 0 Å². The minimum Gasteiger partial charge on any atom is -0.461 e. The zero-order chi connectivity index (χ0) is 23.2. The quantitative estimate of drug-likeness (QED) is 0.200. The van der Waals surface area contributed by atoms with Gasteiger partial charge >= 0.3 is 11.9 Å². The maximum absolute atomic E-state index is 13.5. The number of thiophene rings is 1. The van der Waals surface area contributed by atoms with E-state index in [0.717, 1.165) is 10.1 Å². The molecule has 2 heterocycles. The molecule has 9 heteroatoms. The predicted octanol–water partition coefficient (Wildman–Crippen LogP) is 4.95. The second kappa shape index (κ2) is 10.5. The van der Waals surface area contributed by atoms with Gasteiger partial charge in [0.05, 0.1) is 10.8 Å². The van der Waals surface area contributed by atoms with Crippen molar-refractivity contribution in [3.05, 3.63) is 95.1 Å². The first kappa shape index (κ1) is 22.8. The van der Waals surface area contributed by atoms with Crippen molar-refractivity contribution in [2.75, 3.05) is 0 Å². The summed E-state index contributed by atoms with van der Waals surface area (Å²) in [6.45, 7) is 1.26. The van der Waals surface area contributed by atoms with Crippen LogP contribution in [-0.4, -0.2) is 21.1 Å². The van der Waals surface area contributed by atoms with E-state index in [0.29, 0.717) is 20.9 Å². The van der Waals surface area contributed by atoms with E-state index in [2.05, 4.69) is 4.98 Å². The van der Waals surface area contributed by atoms with E-state index < -0.39 is 28.2 Å². The molecular weight excluding hydrogens is 462 g/mol. The third kappa shape index (κ3) is 5.51. The van der Waals surface area contributed by atoms with Crippen LogP contribution in [-0.2, 0) is 36.7 Å². The molecule has 0 saturated heterocycles. The van der Waals surface area contributed by atoms with Crippen molar-refractivity contribution in [3.63, 3.8) is 0 Å². The average molecular weight is 482 g/mol. The Hall–Kier alpha value is -3.40. The highest BCUT2D eigenvalue weighted by Gasteiger charge is 2.27. The van der Waals surface area contributed by atoms with Gasteiger partial charge < -0.3 is 4.74 Å². The van der Waals surface area contributed by atoms with Crippen LogP contribution in [0.25, 0.3) is 10.1 Å². The van der Waals surface area contributed by atoms with Gasteiger partial charge in [-0.25, -0.2) is 4.79 Å². The van der Waals surface area contributed by atoms with Gasteiger partial charge in [-0.1, -0.05) is 42.5 Å². The van der Waals surface area contributed by atoms with E-state index in [4.69, 9.17) is 14.5 Å². The van der Waals surface area contributed by atoms with Crippen molar-refractivity contribution in [2.24, 2.45) is 0 Å². The van der Waals surface area contributed by atoms with Crippen molar-refractivity contribution in [1.29, 1.82) is 0 Å². The molecule has 0 fully saturated rings. The molecule has 0 radical (unpaired) electrons. The van der Waals surface area contributed by atoms with Crippen LogP contribution in [0, 0.1) is 0 Å². The molecule has 0 amide bonds. The first-order valence-electron chi connectivity index (χ1n) is 9.91.